The van der Waals surface area contributed by atoms with Gasteiger partial charge in [-0.2, -0.15) is 4.99 Å². The quantitative estimate of drug-likeness (QED) is 0.212. The molecule has 0 bridgehead atoms. The third-order valence-corrected chi connectivity index (χ3v) is 7.76. The summed E-state index contributed by atoms with van der Waals surface area (Å²) < 4.78 is 48.1. The Bertz CT molecular complexity index is 1720. The molecule has 2 amide bonds. The maximum Gasteiger partial charge on any atom is 0.573 e. The van der Waals surface area contributed by atoms with E-state index in [1.165, 1.54) is 47.0 Å². The Kier molecular flexibility index (Phi) is 9.47. The van der Waals surface area contributed by atoms with Gasteiger partial charge >= 0.3 is 12.4 Å². The number of aliphatic imine (C=N–C) groups is 1. The average Bonchev–Trinajstić information content (AvgIpc) is 3.67. The monoisotopic (exact) mass is 636 g/mol. The average molecular weight is 637 g/mol. The van der Waals surface area contributed by atoms with Gasteiger partial charge in [0.1, 0.15) is 17.8 Å². The van der Waals surface area contributed by atoms with Crippen molar-refractivity contribution in [1.82, 2.24) is 20.1 Å². The van der Waals surface area contributed by atoms with Gasteiger partial charge in [-0.25, -0.2) is 14.5 Å². The van der Waals surface area contributed by atoms with Gasteiger partial charge in [0.25, 0.3) is 0 Å². The van der Waals surface area contributed by atoms with Crippen LogP contribution >= 0.6 is 11.8 Å². The summed E-state index contributed by atoms with van der Waals surface area (Å²) in [6, 6.07) is 18.3. The van der Waals surface area contributed by atoms with Crippen molar-refractivity contribution >= 4 is 34.7 Å². The zero-order valence-corrected chi connectivity index (χ0v) is 25.8. The maximum absolute atomic E-state index is 12.9. The molecule has 0 atom stereocenters. The summed E-state index contributed by atoms with van der Waals surface area (Å²) in [7, 11) is 1.63. The molecule has 4 aromatic rings. The smallest absolute Gasteiger partial charge is 0.497 e. The molecule has 1 fully saturated rings. The minimum Gasteiger partial charge on any atom is -0.497 e. The van der Waals surface area contributed by atoms with Crippen molar-refractivity contribution in [3.63, 3.8) is 0 Å². The summed E-state index contributed by atoms with van der Waals surface area (Å²) >= 11 is 1.54. The molecular weight excluding hydrogens is 605 g/mol. The van der Waals surface area contributed by atoms with Crippen LogP contribution in [0.1, 0.15) is 37.8 Å². The van der Waals surface area contributed by atoms with E-state index in [4.69, 9.17) is 4.74 Å². The number of methoxy groups -OCH3 is 1. The number of nitrogens with one attached hydrogen (secondary N) is 1. The van der Waals surface area contributed by atoms with Gasteiger partial charge in [0.2, 0.25) is 0 Å². The zero-order chi connectivity index (χ0) is 32.1. The van der Waals surface area contributed by atoms with Crippen LogP contribution in [0.3, 0.4) is 0 Å². The summed E-state index contributed by atoms with van der Waals surface area (Å²) in [5.74, 6) is 1.98. The number of anilines is 1. The summed E-state index contributed by atoms with van der Waals surface area (Å²) in [5.41, 5.74) is 4.88. The number of ether oxygens (including phenoxy) is 2. The number of alkyl halides is 3. The fraction of sp³-hybridized carbons (Fsp3) is 0.250. The molecule has 1 aromatic heterocycles. The highest BCUT2D eigenvalue weighted by atomic mass is 32.2. The van der Waals surface area contributed by atoms with Crippen LogP contribution in [0.5, 0.6) is 11.5 Å². The van der Waals surface area contributed by atoms with Crippen LogP contribution in [-0.4, -0.2) is 51.7 Å². The number of amides is 2. The van der Waals surface area contributed by atoms with E-state index in [0.717, 1.165) is 40.4 Å². The minimum atomic E-state index is -4.76. The van der Waals surface area contributed by atoms with E-state index < -0.39 is 12.4 Å². The molecule has 1 N–H and O–H groups in total. The summed E-state index contributed by atoms with van der Waals surface area (Å²) in [6.07, 6.45) is -1.45. The molecule has 1 saturated heterocycles. The number of carbonyl (C=O) groups excluding carboxylic acids is 1. The minimum absolute atomic E-state index is 0.289. The SMILES string of the molecule is COc1ccc(C(C)C)c(N2CCSC2=NC(=O)N/C(C)=C/c2ccc(-c3ncn(-c4ccc(OC(F)(F)F)cc4)n3)cc2)c1. The molecule has 9 nitrogen and oxygen atoms in total. The molecule has 45 heavy (non-hydrogen) atoms. The van der Waals surface area contributed by atoms with Crippen LogP contribution in [0, 0.1) is 0 Å². The fourth-order valence-electron chi connectivity index (χ4n) is 4.71. The van der Waals surface area contributed by atoms with Gasteiger partial charge < -0.3 is 19.7 Å². The summed E-state index contributed by atoms with van der Waals surface area (Å²) in [5, 5.41) is 7.91. The van der Waals surface area contributed by atoms with E-state index in [0.29, 0.717) is 22.4 Å². The van der Waals surface area contributed by atoms with Crippen molar-refractivity contribution in [3.05, 3.63) is 89.9 Å². The Hall–Kier alpha value is -4.78. The molecule has 13 heteroatoms. The van der Waals surface area contributed by atoms with Crippen molar-refractivity contribution in [2.24, 2.45) is 4.99 Å². The van der Waals surface area contributed by atoms with Gasteiger partial charge in [-0.05, 0) is 60.4 Å². The first-order chi connectivity index (χ1) is 21.5. The molecule has 0 saturated carbocycles. The molecule has 2 heterocycles. The number of halogens is 3. The molecule has 3 aromatic carbocycles. The lowest BCUT2D eigenvalue weighted by Gasteiger charge is -2.23. The number of thioether (sulfide) groups is 1. The highest BCUT2D eigenvalue weighted by Crippen LogP contribution is 2.35. The van der Waals surface area contributed by atoms with Crippen molar-refractivity contribution in [2.45, 2.75) is 33.1 Å². The van der Waals surface area contributed by atoms with Crippen molar-refractivity contribution < 1.29 is 27.4 Å². The number of hydrogen-bond donors (Lipinski definition) is 1. The molecule has 0 radical (unpaired) electrons. The van der Waals surface area contributed by atoms with E-state index in [2.05, 4.69) is 49.9 Å². The predicted molar refractivity (Wildman–Crippen MR) is 170 cm³/mol. The lowest BCUT2D eigenvalue weighted by Crippen LogP contribution is -2.28. The number of allylic oxidation sites excluding steroid dienone is 1. The van der Waals surface area contributed by atoms with Crippen LogP contribution in [0.25, 0.3) is 23.2 Å². The van der Waals surface area contributed by atoms with Crippen LogP contribution < -0.4 is 19.7 Å². The largest absolute Gasteiger partial charge is 0.573 e. The van der Waals surface area contributed by atoms with E-state index in [-0.39, 0.29) is 11.7 Å². The first-order valence-corrected chi connectivity index (χ1v) is 15.0. The number of carbonyl (C=O) groups is 1. The Morgan fingerprint density at radius 3 is 2.44 bits per heavy atom. The Morgan fingerprint density at radius 2 is 1.78 bits per heavy atom. The second-order valence-electron chi connectivity index (χ2n) is 10.4. The molecule has 234 valence electrons. The van der Waals surface area contributed by atoms with E-state index in [1.807, 2.05) is 42.5 Å². The molecule has 1 aliphatic rings. The van der Waals surface area contributed by atoms with Gasteiger partial charge in [0, 0.05) is 35.3 Å². The molecule has 0 aliphatic carbocycles. The van der Waals surface area contributed by atoms with Crippen LogP contribution in [-0.2, 0) is 0 Å². The number of hydrogen-bond acceptors (Lipinski definition) is 6. The third kappa shape index (κ3) is 8.04. The second kappa shape index (κ2) is 13.5. The Balaban J connectivity index is 1.23. The third-order valence-electron chi connectivity index (χ3n) is 6.81. The molecule has 5 rings (SSSR count). The molecule has 1 aliphatic heterocycles. The second-order valence-corrected chi connectivity index (χ2v) is 11.5. The molecular formula is C32H31F3N6O3S. The molecule has 0 unspecified atom stereocenters. The first-order valence-electron chi connectivity index (χ1n) is 14.0. The van der Waals surface area contributed by atoms with Gasteiger partial charge in [-0.1, -0.05) is 55.9 Å². The normalized spacial score (nSPS) is 14.7. The summed E-state index contributed by atoms with van der Waals surface area (Å²) in [6.45, 7) is 6.79. The van der Waals surface area contributed by atoms with Gasteiger partial charge in [0.15, 0.2) is 11.0 Å². The number of aromatic nitrogens is 3. The van der Waals surface area contributed by atoms with Gasteiger partial charge in [-0.3, -0.25) is 0 Å². The van der Waals surface area contributed by atoms with E-state index in [1.54, 1.807) is 14.0 Å². The first kappa shape index (κ1) is 31.6. The topological polar surface area (TPSA) is 93.9 Å². The van der Waals surface area contributed by atoms with Crippen LogP contribution in [0.2, 0.25) is 0 Å². The van der Waals surface area contributed by atoms with Crippen LogP contribution in [0.15, 0.2) is 83.7 Å². The standard InChI is InChI=1S/C32H31F3N6O3S/c1-20(2)27-14-13-26(43-4)18-28(27)40-15-16-45-31(40)38-30(42)37-21(3)17-22-5-7-23(8-6-22)29-36-19-41(39-29)24-9-11-25(12-10-24)44-32(33,34)35/h5-14,17-20H,15-16H2,1-4H3,(H,37,42)/b21-17+,38-31?. The van der Waals surface area contributed by atoms with E-state index in [9.17, 15) is 18.0 Å². The maximum atomic E-state index is 12.9. The number of benzene rings is 3. The highest BCUT2D eigenvalue weighted by Gasteiger charge is 2.31. The predicted octanol–water partition coefficient (Wildman–Crippen LogP) is 7.64. The lowest BCUT2D eigenvalue weighted by molar-refractivity contribution is -0.274. The van der Waals surface area contributed by atoms with Gasteiger partial charge in [0.05, 0.1) is 12.8 Å². The number of nitrogens with zero attached hydrogens (tertiary/aromatic N) is 5. The Morgan fingerprint density at radius 1 is 1.07 bits per heavy atom. The highest BCUT2D eigenvalue weighted by molar-refractivity contribution is 8.14. The van der Waals surface area contributed by atoms with Crippen LogP contribution in [0.4, 0.5) is 23.7 Å². The van der Waals surface area contributed by atoms with Crippen molar-refractivity contribution in [1.29, 1.82) is 0 Å². The number of amidine groups is 1. The number of urea groups is 1. The van der Waals surface area contributed by atoms with Crippen molar-refractivity contribution in [3.8, 4) is 28.6 Å². The van der Waals surface area contributed by atoms with E-state index >= 15 is 0 Å². The molecule has 0 spiro atoms. The number of rotatable bonds is 8. The fourth-order valence-corrected chi connectivity index (χ4v) is 5.66. The lowest BCUT2D eigenvalue weighted by atomic mass is 10.00. The zero-order valence-electron chi connectivity index (χ0n) is 25.0. The van der Waals surface area contributed by atoms with Gasteiger partial charge in [-0.15, -0.1) is 18.3 Å². The van der Waals surface area contributed by atoms with Crippen molar-refractivity contribution in [2.75, 3.05) is 24.3 Å². The Labute approximate surface area is 262 Å². The summed E-state index contributed by atoms with van der Waals surface area (Å²) in [4.78, 5) is 23.6.